The molecule has 1 aliphatic heterocycles. The number of hydrogen-bond donors (Lipinski definition) is 2. The molecule has 2 heterocycles. The van der Waals surface area contributed by atoms with E-state index in [-0.39, 0.29) is 19.8 Å². The summed E-state index contributed by atoms with van der Waals surface area (Å²) in [5.74, 6) is 2.43. The largest absolute Gasteiger partial charge is 0.488 e. The molecule has 0 amide bonds. The van der Waals surface area contributed by atoms with E-state index in [2.05, 4.69) is 29.5 Å². The Labute approximate surface area is 231 Å². The van der Waals surface area contributed by atoms with E-state index in [9.17, 15) is 5.21 Å². The monoisotopic (exact) mass is 543 g/mol. The third-order valence-electron chi connectivity index (χ3n) is 6.39. The zero-order chi connectivity index (χ0) is 27.2. The standard InChI is InChI=1S/C30H26ClN3O5/c1-19-23(3-2-4-25(19)22-5-6-27-30(11-22)37-8-7-36-27)18-39-29-12-28(24(16-34-35)10-26(29)31)38-17-21-9-20(13-32)14-33-15-21/h2-6,9-12,14-15,34-35H,7-8,16-18H2,1H3. The highest BCUT2D eigenvalue weighted by molar-refractivity contribution is 6.32. The molecule has 5 rings (SSSR count). The first kappa shape index (κ1) is 26.3. The fourth-order valence-corrected chi connectivity index (χ4v) is 4.59. The smallest absolute Gasteiger partial charge is 0.161 e. The van der Waals surface area contributed by atoms with Crippen LogP contribution in [0.3, 0.4) is 0 Å². The summed E-state index contributed by atoms with van der Waals surface area (Å²) in [7, 11) is 0. The summed E-state index contributed by atoms with van der Waals surface area (Å²) in [4.78, 5) is 4.07. The van der Waals surface area contributed by atoms with Gasteiger partial charge in [0.05, 0.1) is 10.6 Å². The Bertz CT molecular complexity index is 1540. The highest BCUT2D eigenvalue weighted by Crippen LogP contribution is 2.37. The maximum absolute atomic E-state index is 9.29. The molecule has 0 fully saturated rings. The van der Waals surface area contributed by atoms with Crippen molar-refractivity contribution in [2.24, 2.45) is 0 Å². The quantitative estimate of drug-likeness (QED) is 0.248. The van der Waals surface area contributed by atoms with Gasteiger partial charge in [-0.3, -0.25) is 4.98 Å². The molecule has 39 heavy (non-hydrogen) atoms. The van der Waals surface area contributed by atoms with Gasteiger partial charge in [-0.25, -0.2) is 5.48 Å². The number of aromatic nitrogens is 1. The lowest BCUT2D eigenvalue weighted by molar-refractivity contribution is 0.159. The molecule has 0 unspecified atom stereocenters. The van der Waals surface area contributed by atoms with E-state index in [4.69, 9.17) is 35.8 Å². The number of nitriles is 1. The zero-order valence-corrected chi connectivity index (χ0v) is 22.0. The van der Waals surface area contributed by atoms with Crippen LogP contribution in [0.1, 0.15) is 27.8 Å². The minimum atomic E-state index is 0.127. The number of ether oxygens (including phenoxy) is 4. The average molecular weight is 544 g/mol. The molecule has 9 heteroatoms. The van der Waals surface area contributed by atoms with Gasteiger partial charge in [0.15, 0.2) is 11.5 Å². The van der Waals surface area contributed by atoms with E-state index >= 15 is 0 Å². The minimum Gasteiger partial charge on any atom is -0.488 e. The molecule has 0 atom stereocenters. The van der Waals surface area contributed by atoms with Gasteiger partial charge >= 0.3 is 0 Å². The third-order valence-corrected chi connectivity index (χ3v) is 6.68. The number of nitrogens with one attached hydrogen (secondary N) is 1. The van der Waals surface area contributed by atoms with E-state index in [0.717, 1.165) is 39.3 Å². The summed E-state index contributed by atoms with van der Waals surface area (Å²) >= 11 is 6.53. The third kappa shape index (κ3) is 6.07. The minimum absolute atomic E-state index is 0.127. The molecule has 2 N–H and O–H groups in total. The van der Waals surface area contributed by atoms with Crippen LogP contribution >= 0.6 is 11.6 Å². The first-order valence-electron chi connectivity index (χ1n) is 12.3. The van der Waals surface area contributed by atoms with E-state index in [1.165, 1.54) is 6.20 Å². The van der Waals surface area contributed by atoms with Crippen molar-refractivity contribution >= 4 is 11.6 Å². The predicted molar refractivity (Wildman–Crippen MR) is 145 cm³/mol. The first-order chi connectivity index (χ1) is 19.1. The van der Waals surface area contributed by atoms with Crippen molar-refractivity contribution in [1.29, 1.82) is 5.26 Å². The van der Waals surface area contributed by atoms with Crippen molar-refractivity contribution in [3.63, 3.8) is 0 Å². The average Bonchev–Trinajstić information content (AvgIpc) is 2.97. The molecule has 0 spiro atoms. The first-order valence-corrected chi connectivity index (χ1v) is 12.7. The van der Waals surface area contributed by atoms with Crippen molar-refractivity contribution < 1.29 is 24.2 Å². The Kier molecular flexibility index (Phi) is 8.13. The molecule has 1 aromatic heterocycles. The molecular formula is C30H26ClN3O5. The molecule has 8 nitrogen and oxygen atoms in total. The fraction of sp³-hybridized carbons (Fsp3) is 0.200. The lowest BCUT2D eigenvalue weighted by Crippen LogP contribution is -2.15. The molecule has 4 aromatic rings. The van der Waals surface area contributed by atoms with Crippen LogP contribution < -0.4 is 24.4 Å². The normalized spacial score (nSPS) is 12.1. The van der Waals surface area contributed by atoms with Crippen LogP contribution in [-0.2, 0) is 19.8 Å². The Balaban J connectivity index is 1.35. The van der Waals surface area contributed by atoms with Crippen molar-refractivity contribution in [2.45, 2.75) is 26.7 Å². The lowest BCUT2D eigenvalue weighted by Gasteiger charge is -2.20. The molecule has 0 saturated heterocycles. The van der Waals surface area contributed by atoms with Crippen molar-refractivity contribution in [3.8, 4) is 40.2 Å². The number of hydrogen-bond acceptors (Lipinski definition) is 8. The Hall–Kier alpha value is -4.29. The lowest BCUT2D eigenvalue weighted by atomic mass is 9.96. The van der Waals surface area contributed by atoms with Gasteiger partial charge < -0.3 is 24.2 Å². The van der Waals surface area contributed by atoms with Gasteiger partial charge in [0.2, 0.25) is 0 Å². The molecule has 3 aromatic carbocycles. The van der Waals surface area contributed by atoms with Crippen LogP contribution in [0, 0.1) is 18.3 Å². The number of halogens is 1. The number of benzene rings is 3. The van der Waals surface area contributed by atoms with Crippen molar-refractivity contribution in [2.75, 3.05) is 13.2 Å². The van der Waals surface area contributed by atoms with Crippen LogP contribution in [0.2, 0.25) is 5.02 Å². The summed E-state index contributed by atoms with van der Waals surface area (Å²) < 4.78 is 23.6. The highest BCUT2D eigenvalue weighted by atomic mass is 35.5. The van der Waals surface area contributed by atoms with E-state index < -0.39 is 0 Å². The molecule has 0 radical (unpaired) electrons. The number of fused-ring (bicyclic) bond motifs is 1. The molecule has 0 bridgehead atoms. The highest BCUT2D eigenvalue weighted by Gasteiger charge is 2.16. The maximum Gasteiger partial charge on any atom is 0.161 e. The second-order valence-electron chi connectivity index (χ2n) is 8.94. The van der Waals surface area contributed by atoms with Gasteiger partial charge in [-0.05, 0) is 53.4 Å². The second-order valence-corrected chi connectivity index (χ2v) is 9.35. The molecule has 1 aliphatic rings. The molecule has 198 valence electrons. The summed E-state index contributed by atoms with van der Waals surface area (Å²) in [6.07, 6.45) is 3.12. The van der Waals surface area contributed by atoms with E-state index in [1.807, 2.05) is 30.3 Å². The maximum atomic E-state index is 9.29. The fourth-order valence-electron chi connectivity index (χ4n) is 4.35. The number of nitrogens with zero attached hydrogens (tertiary/aromatic N) is 2. The van der Waals surface area contributed by atoms with Gasteiger partial charge in [0.1, 0.15) is 44.0 Å². The van der Waals surface area contributed by atoms with Gasteiger partial charge in [-0.1, -0.05) is 35.9 Å². The van der Waals surface area contributed by atoms with Crippen LogP contribution in [-0.4, -0.2) is 23.4 Å². The molecule has 0 aliphatic carbocycles. The number of pyridine rings is 1. The summed E-state index contributed by atoms with van der Waals surface area (Å²) in [6.45, 7) is 3.74. The van der Waals surface area contributed by atoms with Crippen LogP contribution in [0.15, 0.2) is 67.0 Å². The van der Waals surface area contributed by atoms with Crippen LogP contribution in [0.4, 0.5) is 0 Å². The SMILES string of the molecule is Cc1c(COc2cc(OCc3cncc(C#N)c3)c(CNO)cc2Cl)cccc1-c1ccc2c(c1)OCCO2. The van der Waals surface area contributed by atoms with Gasteiger partial charge in [0, 0.05) is 36.1 Å². The Morgan fingerprint density at radius 2 is 1.79 bits per heavy atom. The Morgan fingerprint density at radius 3 is 2.62 bits per heavy atom. The topological polar surface area (TPSA) is 106 Å². The van der Waals surface area contributed by atoms with E-state index in [1.54, 1.807) is 24.4 Å². The zero-order valence-electron chi connectivity index (χ0n) is 21.2. The van der Waals surface area contributed by atoms with Gasteiger partial charge in [-0.15, -0.1) is 0 Å². The van der Waals surface area contributed by atoms with Gasteiger partial charge in [0.25, 0.3) is 0 Å². The predicted octanol–water partition coefficient (Wildman–Crippen LogP) is 5.99. The second kappa shape index (κ2) is 12.0. The number of hydroxylamine groups is 1. The summed E-state index contributed by atoms with van der Waals surface area (Å²) in [5.41, 5.74) is 8.15. The summed E-state index contributed by atoms with van der Waals surface area (Å²) in [5, 5.41) is 18.8. The van der Waals surface area contributed by atoms with Crippen molar-refractivity contribution in [1.82, 2.24) is 10.5 Å². The van der Waals surface area contributed by atoms with E-state index in [0.29, 0.717) is 40.9 Å². The molecular weight excluding hydrogens is 518 g/mol. The Morgan fingerprint density at radius 1 is 0.974 bits per heavy atom. The van der Waals surface area contributed by atoms with Gasteiger partial charge in [-0.2, -0.15) is 5.26 Å². The summed E-state index contributed by atoms with van der Waals surface area (Å²) in [6, 6.07) is 19.2. The molecule has 0 saturated carbocycles. The number of rotatable bonds is 9. The van der Waals surface area contributed by atoms with Crippen molar-refractivity contribution in [3.05, 3.63) is 99.8 Å². The van der Waals surface area contributed by atoms with Crippen LogP contribution in [0.5, 0.6) is 23.0 Å². The van der Waals surface area contributed by atoms with Crippen LogP contribution in [0.25, 0.3) is 11.1 Å².